The summed E-state index contributed by atoms with van der Waals surface area (Å²) in [4.78, 5) is 26.7. The second-order valence-corrected chi connectivity index (χ2v) is 14.5. The maximum Gasteiger partial charge on any atom is 0.410 e. The number of carboxylic acids is 1. The maximum absolute atomic E-state index is 12.9. The number of aliphatic carboxylic acids is 1. The molecule has 1 saturated heterocycles. The summed E-state index contributed by atoms with van der Waals surface area (Å²) in [5.41, 5.74) is 0.875. The quantitative estimate of drug-likeness (QED) is 0.487. The zero-order chi connectivity index (χ0) is 25.8. The Kier molecular flexibility index (Phi) is 7.61. The SMILES string of the molecule is CC(C)(C)[Si](OC1CN(C(=O)OCc2ccccc2)CC1C(=O)O)(c1ccccc1)c1ccccc1. The number of ether oxygens (including phenoxy) is 1. The first kappa shape index (κ1) is 25.7. The lowest BCUT2D eigenvalue weighted by atomic mass is 10.1. The Morgan fingerprint density at radius 2 is 1.36 bits per heavy atom. The van der Waals surface area contributed by atoms with Crippen molar-refractivity contribution in [1.82, 2.24) is 4.90 Å². The molecule has 3 aromatic carbocycles. The van der Waals surface area contributed by atoms with E-state index in [1.54, 1.807) is 0 Å². The van der Waals surface area contributed by atoms with Crippen molar-refractivity contribution in [1.29, 1.82) is 0 Å². The first-order chi connectivity index (χ1) is 17.2. The number of nitrogens with zero attached hydrogens (tertiary/aromatic N) is 1. The molecule has 188 valence electrons. The van der Waals surface area contributed by atoms with Crippen LogP contribution in [-0.4, -0.2) is 49.6 Å². The number of benzene rings is 3. The van der Waals surface area contributed by atoms with Crippen LogP contribution in [0.2, 0.25) is 5.04 Å². The summed E-state index contributed by atoms with van der Waals surface area (Å²) in [6, 6.07) is 29.6. The molecule has 36 heavy (non-hydrogen) atoms. The Balaban J connectivity index is 1.65. The van der Waals surface area contributed by atoms with E-state index in [1.807, 2.05) is 66.7 Å². The van der Waals surface area contributed by atoms with Crippen molar-refractivity contribution in [2.24, 2.45) is 5.92 Å². The van der Waals surface area contributed by atoms with Crippen molar-refractivity contribution in [3.8, 4) is 0 Å². The molecule has 0 radical (unpaired) electrons. The Labute approximate surface area is 213 Å². The number of carbonyl (C=O) groups is 2. The summed E-state index contributed by atoms with van der Waals surface area (Å²) in [6.45, 7) is 6.79. The lowest BCUT2D eigenvalue weighted by Gasteiger charge is -2.45. The van der Waals surface area contributed by atoms with E-state index in [9.17, 15) is 14.7 Å². The lowest BCUT2D eigenvalue weighted by Crippen LogP contribution is -2.68. The highest BCUT2D eigenvalue weighted by Crippen LogP contribution is 2.39. The molecule has 1 aliphatic rings. The van der Waals surface area contributed by atoms with Crippen LogP contribution in [-0.2, 0) is 20.6 Å². The summed E-state index contributed by atoms with van der Waals surface area (Å²) < 4.78 is 12.6. The Hall–Kier alpha value is -3.42. The van der Waals surface area contributed by atoms with Crippen LogP contribution in [0.5, 0.6) is 0 Å². The van der Waals surface area contributed by atoms with Crippen molar-refractivity contribution < 1.29 is 23.9 Å². The molecular formula is C29H33NO5Si. The van der Waals surface area contributed by atoms with Gasteiger partial charge in [0.15, 0.2) is 0 Å². The van der Waals surface area contributed by atoms with Gasteiger partial charge in [-0.05, 0) is 21.0 Å². The van der Waals surface area contributed by atoms with Crippen molar-refractivity contribution in [2.45, 2.75) is 38.5 Å². The zero-order valence-corrected chi connectivity index (χ0v) is 22.0. The van der Waals surface area contributed by atoms with Gasteiger partial charge in [0.25, 0.3) is 8.32 Å². The molecule has 0 saturated carbocycles. The summed E-state index contributed by atoms with van der Waals surface area (Å²) in [5, 5.41) is 11.9. The smallest absolute Gasteiger partial charge is 0.410 e. The molecule has 1 amide bonds. The standard InChI is InChI=1S/C29H33NO5Si/c1-29(2,3)36(23-15-9-5-10-16-23,24-17-11-6-12-18-24)35-26-20-30(19-25(26)27(31)32)28(33)34-21-22-13-7-4-8-14-22/h4-18,25-26H,19-21H2,1-3H3,(H,31,32). The highest BCUT2D eigenvalue weighted by atomic mass is 28.4. The molecule has 2 unspecified atom stereocenters. The fourth-order valence-corrected chi connectivity index (χ4v) is 9.72. The van der Waals surface area contributed by atoms with Gasteiger partial charge < -0.3 is 19.2 Å². The molecule has 7 heteroatoms. The van der Waals surface area contributed by atoms with E-state index in [0.717, 1.165) is 15.9 Å². The monoisotopic (exact) mass is 503 g/mol. The van der Waals surface area contributed by atoms with Gasteiger partial charge in [0.05, 0.1) is 6.10 Å². The van der Waals surface area contributed by atoms with E-state index in [-0.39, 0.29) is 24.7 Å². The van der Waals surface area contributed by atoms with Crippen LogP contribution in [0.3, 0.4) is 0 Å². The molecule has 3 aromatic rings. The van der Waals surface area contributed by atoms with Gasteiger partial charge in [0.1, 0.15) is 12.5 Å². The number of rotatable bonds is 7. The molecule has 1 aliphatic heterocycles. The van der Waals surface area contributed by atoms with Crippen LogP contribution in [0.4, 0.5) is 4.79 Å². The van der Waals surface area contributed by atoms with Crippen LogP contribution in [0.25, 0.3) is 0 Å². The Bertz CT molecular complexity index is 1130. The van der Waals surface area contributed by atoms with Crippen molar-refractivity contribution in [3.05, 3.63) is 96.6 Å². The van der Waals surface area contributed by atoms with Gasteiger partial charge in [0.2, 0.25) is 0 Å². The van der Waals surface area contributed by atoms with Gasteiger partial charge in [-0.25, -0.2) is 4.79 Å². The highest BCUT2D eigenvalue weighted by Gasteiger charge is 2.54. The molecule has 0 bridgehead atoms. The van der Waals surface area contributed by atoms with E-state index in [0.29, 0.717) is 0 Å². The topological polar surface area (TPSA) is 76.1 Å². The van der Waals surface area contributed by atoms with Gasteiger partial charge in [-0.3, -0.25) is 4.79 Å². The van der Waals surface area contributed by atoms with Crippen LogP contribution >= 0.6 is 0 Å². The molecule has 0 aromatic heterocycles. The van der Waals surface area contributed by atoms with E-state index >= 15 is 0 Å². The second-order valence-electron chi connectivity index (χ2n) is 10.2. The molecule has 6 nitrogen and oxygen atoms in total. The molecule has 4 rings (SSSR count). The van der Waals surface area contributed by atoms with Crippen LogP contribution < -0.4 is 10.4 Å². The van der Waals surface area contributed by atoms with Gasteiger partial charge >= 0.3 is 12.1 Å². The minimum absolute atomic E-state index is 0.0474. The van der Waals surface area contributed by atoms with E-state index < -0.39 is 32.4 Å². The fourth-order valence-electron chi connectivity index (χ4n) is 5.01. The van der Waals surface area contributed by atoms with Gasteiger partial charge in [-0.1, -0.05) is 112 Å². The largest absolute Gasteiger partial charge is 0.481 e. The van der Waals surface area contributed by atoms with Crippen molar-refractivity contribution >= 4 is 30.8 Å². The molecule has 1 fully saturated rings. The first-order valence-electron chi connectivity index (χ1n) is 12.2. The van der Waals surface area contributed by atoms with Gasteiger partial charge in [0, 0.05) is 13.1 Å². The molecule has 1 heterocycles. The third-order valence-corrected chi connectivity index (χ3v) is 11.9. The molecular weight excluding hydrogens is 470 g/mol. The summed E-state index contributed by atoms with van der Waals surface area (Å²) in [7, 11) is -2.98. The maximum atomic E-state index is 12.9. The average molecular weight is 504 g/mol. The fraction of sp³-hybridized carbons (Fsp3) is 0.310. The van der Waals surface area contributed by atoms with Crippen LogP contribution in [0, 0.1) is 5.92 Å². The number of carbonyl (C=O) groups excluding carboxylic acids is 1. The molecule has 0 spiro atoms. The summed E-state index contributed by atoms with van der Waals surface area (Å²) in [5.74, 6) is -1.83. The van der Waals surface area contributed by atoms with Crippen LogP contribution in [0.15, 0.2) is 91.0 Å². The normalized spacial score (nSPS) is 18.1. The first-order valence-corrected chi connectivity index (χ1v) is 14.1. The number of carboxylic acid groups (broad SMARTS) is 1. The van der Waals surface area contributed by atoms with E-state index in [4.69, 9.17) is 9.16 Å². The average Bonchev–Trinajstić information content (AvgIpc) is 3.31. The number of likely N-dealkylation sites (tertiary alicyclic amines) is 1. The number of hydrogen-bond acceptors (Lipinski definition) is 4. The molecule has 0 aliphatic carbocycles. The molecule has 1 N–H and O–H groups in total. The predicted octanol–water partition coefficient (Wildman–Crippen LogP) is 4.28. The third kappa shape index (κ3) is 5.22. The summed E-state index contributed by atoms with van der Waals surface area (Å²) in [6.07, 6.45) is -1.20. The number of amides is 1. The van der Waals surface area contributed by atoms with E-state index in [2.05, 4.69) is 45.0 Å². The zero-order valence-electron chi connectivity index (χ0n) is 21.0. The van der Waals surface area contributed by atoms with Gasteiger partial charge in [-0.2, -0.15) is 0 Å². The second kappa shape index (κ2) is 10.7. The Morgan fingerprint density at radius 3 is 1.83 bits per heavy atom. The summed E-state index contributed by atoms with van der Waals surface area (Å²) >= 11 is 0. The van der Waals surface area contributed by atoms with Crippen molar-refractivity contribution in [2.75, 3.05) is 13.1 Å². The Morgan fingerprint density at radius 1 is 0.861 bits per heavy atom. The minimum Gasteiger partial charge on any atom is -0.481 e. The lowest BCUT2D eigenvalue weighted by molar-refractivity contribution is -0.143. The number of hydrogen-bond donors (Lipinski definition) is 1. The van der Waals surface area contributed by atoms with Crippen LogP contribution in [0.1, 0.15) is 26.3 Å². The molecule has 2 atom stereocenters. The van der Waals surface area contributed by atoms with Gasteiger partial charge in [-0.15, -0.1) is 0 Å². The minimum atomic E-state index is -2.98. The van der Waals surface area contributed by atoms with E-state index in [1.165, 1.54) is 4.90 Å². The third-order valence-electron chi connectivity index (χ3n) is 6.79. The van der Waals surface area contributed by atoms with Crippen molar-refractivity contribution in [3.63, 3.8) is 0 Å². The predicted molar refractivity (Wildman–Crippen MR) is 142 cm³/mol. The highest BCUT2D eigenvalue weighted by molar-refractivity contribution is 6.99.